The Kier molecular flexibility index (Phi) is 7.07. The number of anilines is 2. The first-order chi connectivity index (χ1) is 16.7. The molecule has 1 saturated heterocycles. The molecular formula is C25H25F3N4O3. The molecule has 184 valence electrons. The van der Waals surface area contributed by atoms with Crippen LogP contribution >= 0.6 is 0 Å². The zero-order valence-corrected chi connectivity index (χ0v) is 18.8. The van der Waals surface area contributed by atoms with Crippen molar-refractivity contribution in [3.63, 3.8) is 0 Å². The summed E-state index contributed by atoms with van der Waals surface area (Å²) in [5.74, 6) is 4.78. The highest BCUT2D eigenvalue weighted by Crippen LogP contribution is 2.31. The van der Waals surface area contributed by atoms with Gasteiger partial charge in [0.25, 0.3) is 0 Å². The number of aromatic nitrogens is 1. The molecule has 2 aromatic carbocycles. The number of alkyl halides is 3. The van der Waals surface area contributed by atoms with Gasteiger partial charge in [0.1, 0.15) is 12.3 Å². The van der Waals surface area contributed by atoms with Crippen molar-refractivity contribution in [1.82, 2.24) is 4.57 Å². The lowest BCUT2D eigenvalue weighted by atomic mass is 10.1. The van der Waals surface area contributed by atoms with Gasteiger partial charge in [0.15, 0.2) is 0 Å². The van der Waals surface area contributed by atoms with Crippen molar-refractivity contribution < 1.29 is 27.8 Å². The van der Waals surface area contributed by atoms with E-state index in [-0.39, 0.29) is 29.6 Å². The van der Waals surface area contributed by atoms with Gasteiger partial charge in [-0.05, 0) is 55.2 Å². The molecule has 0 aliphatic carbocycles. The summed E-state index contributed by atoms with van der Waals surface area (Å²) < 4.78 is 46.7. The van der Waals surface area contributed by atoms with Gasteiger partial charge in [-0.2, -0.15) is 13.2 Å². The number of hydrogen-bond acceptors (Lipinski definition) is 5. The number of primary amides is 1. The van der Waals surface area contributed by atoms with Crippen molar-refractivity contribution >= 4 is 28.2 Å². The Morgan fingerprint density at radius 2 is 1.94 bits per heavy atom. The van der Waals surface area contributed by atoms with Gasteiger partial charge >= 0.3 is 6.18 Å². The molecule has 0 spiro atoms. The fourth-order valence-corrected chi connectivity index (χ4v) is 4.03. The van der Waals surface area contributed by atoms with Gasteiger partial charge in [0, 0.05) is 35.9 Å². The molecule has 1 aromatic heterocycles. The van der Waals surface area contributed by atoms with E-state index in [1.807, 2.05) is 6.07 Å². The first kappa shape index (κ1) is 24.3. The van der Waals surface area contributed by atoms with Gasteiger partial charge in [-0.15, -0.1) is 0 Å². The van der Waals surface area contributed by atoms with Crippen LogP contribution in [0, 0.1) is 11.8 Å². The van der Waals surface area contributed by atoms with Gasteiger partial charge in [-0.3, -0.25) is 4.79 Å². The Morgan fingerprint density at radius 1 is 1.17 bits per heavy atom. The van der Waals surface area contributed by atoms with Crippen LogP contribution in [0.5, 0.6) is 5.75 Å². The minimum Gasteiger partial charge on any atom is -0.506 e. The van der Waals surface area contributed by atoms with Crippen molar-refractivity contribution in [2.45, 2.75) is 31.6 Å². The zero-order valence-electron chi connectivity index (χ0n) is 18.8. The van der Waals surface area contributed by atoms with Crippen molar-refractivity contribution in [2.24, 2.45) is 5.73 Å². The predicted molar refractivity (Wildman–Crippen MR) is 127 cm³/mol. The third-order valence-corrected chi connectivity index (χ3v) is 5.73. The SMILES string of the molecule is NC(=O)c1ccc(NCC#Cc2cc3c(NC4CCOCC4)cccc3n2CC(F)(F)F)c(O)c1. The molecule has 5 N–H and O–H groups in total. The number of ether oxygens (including phenoxy) is 1. The largest absolute Gasteiger partial charge is 0.506 e. The average Bonchev–Trinajstić information content (AvgIpc) is 3.15. The second-order valence-corrected chi connectivity index (χ2v) is 8.25. The Morgan fingerprint density at radius 3 is 2.63 bits per heavy atom. The lowest BCUT2D eigenvalue weighted by Crippen LogP contribution is -2.27. The molecule has 0 saturated carbocycles. The standard InChI is InChI=1S/C25H25F3N4O3/c26-25(27,28)15-32-18(3-2-10-30-21-7-6-16(24(29)34)13-23(21)33)14-19-20(4-1-5-22(19)32)31-17-8-11-35-12-9-17/h1,4-7,13-14,17,30-31,33H,8-12,15H2,(H2,29,34). The number of halogens is 3. The quantitative estimate of drug-likeness (QED) is 0.311. The molecule has 3 aromatic rings. The number of rotatable bonds is 6. The maximum Gasteiger partial charge on any atom is 0.406 e. The molecule has 0 unspecified atom stereocenters. The molecule has 1 amide bonds. The zero-order chi connectivity index (χ0) is 25.0. The molecule has 0 bridgehead atoms. The summed E-state index contributed by atoms with van der Waals surface area (Å²) in [6.07, 6.45) is -2.77. The van der Waals surface area contributed by atoms with E-state index >= 15 is 0 Å². The van der Waals surface area contributed by atoms with Gasteiger partial charge in [-0.25, -0.2) is 0 Å². The van der Waals surface area contributed by atoms with Crippen LogP contribution in [-0.2, 0) is 11.3 Å². The monoisotopic (exact) mass is 486 g/mol. The number of nitrogens with one attached hydrogen (secondary N) is 2. The van der Waals surface area contributed by atoms with Gasteiger partial charge < -0.3 is 30.8 Å². The molecule has 0 radical (unpaired) electrons. The number of carbonyl (C=O) groups is 1. The summed E-state index contributed by atoms with van der Waals surface area (Å²) in [6.45, 7) is 0.189. The first-order valence-corrected chi connectivity index (χ1v) is 11.1. The first-order valence-electron chi connectivity index (χ1n) is 11.1. The minimum atomic E-state index is -4.42. The number of hydrogen-bond donors (Lipinski definition) is 4. The van der Waals surface area contributed by atoms with E-state index in [1.165, 1.54) is 18.2 Å². The second kappa shape index (κ2) is 10.2. The number of aromatic hydroxyl groups is 1. The van der Waals surface area contributed by atoms with Crippen LogP contribution in [0.2, 0.25) is 0 Å². The van der Waals surface area contributed by atoms with Crippen LogP contribution in [0.25, 0.3) is 10.9 Å². The van der Waals surface area contributed by atoms with E-state index in [0.29, 0.717) is 29.8 Å². The summed E-state index contributed by atoms with van der Waals surface area (Å²) in [5.41, 5.74) is 7.09. The smallest absolute Gasteiger partial charge is 0.406 e. The van der Waals surface area contributed by atoms with Crippen LogP contribution in [-0.4, -0.2) is 47.6 Å². The fourth-order valence-electron chi connectivity index (χ4n) is 4.03. The molecular weight excluding hydrogens is 461 g/mol. The van der Waals surface area contributed by atoms with Gasteiger partial charge in [0.2, 0.25) is 5.91 Å². The van der Waals surface area contributed by atoms with Crippen molar-refractivity contribution in [3.8, 4) is 17.6 Å². The molecule has 1 aliphatic rings. The van der Waals surface area contributed by atoms with E-state index in [1.54, 1.807) is 18.2 Å². The van der Waals surface area contributed by atoms with Crippen molar-refractivity contribution in [2.75, 3.05) is 30.4 Å². The topological polar surface area (TPSA) is 102 Å². The summed E-state index contributed by atoms with van der Waals surface area (Å²) >= 11 is 0. The van der Waals surface area contributed by atoms with Gasteiger partial charge in [0.05, 0.1) is 23.4 Å². The van der Waals surface area contributed by atoms with E-state index in [9.17, 15) is 23.1 Å². The highest BCUT2D eigenvalue weighted by molar-refractivity contribution is 5.94. The predicted octanol–water partition coefficient (Wildman–Crippen LogP) is 4.06. The molecule has 1 fully saturated rings. The van der Waals surface area contributed by atoms with Gasteiger partial charge in [-0.1, -0.05) is 12.0 Å². The molecule has 0 atom stereocenters. The third-order valence-electron chi connectivity index (χ3n) is 5.73. The normalized spacial score (nSPS) is 14.4. The number of fused-ring (bicyclic) bond motifs is 1. The lowest BCUT2D eigenvalue weighted by Gasteiger charge is -2.24. The Bertz CT molecular complexity index is 1280. The van der Waals surface area contributed by atoms with Crippen molar-refractivity contribution in [3.05, 3.63) is 53.7 Å². The summed E-state index contributed by atoms with van der Waals surface area (Å²) in [6, 6.07) is 11.2. The van der Waals surface area contributed by atoms with E-state index in [2.05, 4.69) is 22.5 Å². The number of phenolic OH excluding ortho intramolecular Hbond substituents is 1. The average molecular weight is 486 g/mol. The molecule has 10 heteroatoms. The van der Waals surface area contributed by atoms with Crippen LogP contribution in [0.3, 0.4) is 0 Å². The number of phenols is 1. The number of carbonyl (C=O) groups excluding carboxylic acids is 1. The number of nitrogens with zero attached hydrogens (tertiary/aromatic N) is 1. The molecule has 2 heterocycles. The summed E-state index contributed by atoms with van der Waals surface area (Å²) in [4.78, 5) is 11.2. The molecule has 4 rings (SSSR count). The maximum atomic E-state index is 13.4. The summed E-state index contributed by atoms with van der Waals surface area (Å²) in [5, 5.41) is 17.0. The van der Waals surface area contributed by atoms with Crippen molar-refractivity contribution in [1.29, 1.82) is 0 Å². The Hall–Kier alpha value is -3.84. The highest BCUT2D eigenvalue weighted by Gasteiger charge is 2.30. The van der Waals surface area contributed by atoms with Crippen LogP contribution in [0.1, 0.15) is 28.9 Å². The van der Waals surface area contributed by atoms with E-state index in [0.717, 1.165) is 23.1 Å². The second-order valence-electron chi connectivity index (χ2n) is 8.25. The third kappa shape index (κ3) is 6.00. The molecule has 35 heavy (non-hydrogen) atoms. The van der Waals surface area contributed by atoms with Crippen LogP contribution in [0.4, 0.5) is 24.5 Å². The Labute approximate surface area is 200 Å². The molecule has 7 nitrogen and oxygen atoms in total. The summed E-state index contributed by atoms with van der Waals surface area (Å²) in [7, 11) is 0. The van der Waals surface area contributed by atoms with Crippen LogP contribution in [0.15, 0.2) is 42.5 Å². The Balaban J connectivity index is 1.59. The minimum absolute atomic E-state index is 0.0597. The van der Waals surface area contributed by atoms with E-state index in [4.69, 9.17) is 10.5 Å². The highest BCUT2D eigenvalue weighted by atomic mass is 19.4. The molecule has 1 aliphatic heterocycles. The van der Waals surface area contributed by atoms with Crippen LogP contribution < -0.4 is 16.4 Å². The van der Waals surface area contributed by atoms with E-state index < -0.39 is 18.6 Å². The lowest BCUT2D eigenvalue weighted by molar-refractivity contribution is -0.140. The fraction of sp³-hybridized carbons (Fsp3) is 0.320. The number of benzene rings is 2. The number of nitrogens with two attached hydrogens (primary N) is 1. The maximum absolute atomic E-state index is 13.4. The number of amides is 1.